The Kier molecular flexibility index (Phi) is 2.13. The van der Waals surface area contributed by atoms with E-state index in [1.165, 1.54) is 18.2 Å². The molecule has 0 bridgehead atoms. The minimum Gasteiger partial charge on any atom is -0.508 e. The Bertz CT molecular complexity index is 257. The first-order valence-electron chi connectivity index (χ1n) is 2.86. The Balaban J connectivity index is 3.06. The predicted octanol–water partition coefficient (Wildman–Crippen LogP) is 2.84. The minimum absolute atomic E-state index is 0.165. The Labute approximate surface area is 70.8 Å². The third kappa shape index (κ3) is 2.15. The molecule has 1 nitrogen and oxygen atoms in total. The number of benzene rings is 1. The third-order valence-electron chi connectivity index (χ3n) is 1.17. The molecule has 0 heterocycles. The second-order valence-corrected chi connectivity index (χ2v) is 3.04. The van der Waals surface area contributed by atoms with Crippen LogP contribution in [0.15, 0.2) is 24.3 Å². The molecule has 0 unspecified atom stereocenters. The molecule has 0 amide bonds. The van der Waals surface area contributed by atoms with E-state index in [2.05, 4.69) is 15.9 Å². The van der Waals surface area contributed by atoms with Crippen molar-refractivity contribution < 1.29 is 13.9 Å². The highest BCUT2D eigenvalue weighted by atomic mass is 79.9. The van der Waals surface area contributed by atoms with Gasteiger partial charge < -0.3 is 5.11 Å². The fourth-order valence-electron chi connectivity index (χ4n) is 0.682. The van der Waals surface area contributed by atoms with Crippen LogP contribution in [-0.2, 0) is 4.83 Å². The average Bonchev–Trinajstić information content (AvgIpc) is 1.86. The van der Waals surface area contributed by atoms with Gasteiger partial charge in [0.25, 0.3) is 0 Å². The van der Waals surface area contributed by atoms with E-state index in [0.29, 0.717) is 0 Å². The van der Waals surface area contributed by atoms with Gasteiger partial charge in [0.1, 0.15) is 5.75 Å². The van der Waals surface area contributed by atoms with Gasteiger partial charge in [0.2, 0.25) is 0 Å². The van der Waals surface area contributed by atoms with Crippen LogP contribution in [0.4, 0.5) is 8.78 Å². The van der Waals surface area contributed by atoms with Gasteiger partial charge in [-0.2, -0.15) is 8.78 Å². The first-order valence-corrected chi connectivity index (χ1v) is 3.65. The smallest absolute Gasteiger partial charge is 0.326 e. The Hall–Kier alpha value is -0.640. The van der Waals surface area contributed by atoms with E-state index in [0.717, 1.165) is 6.07 Å². The highest BCUT2D eigenvalue weighted by Crippen LogP contribution is 2.35. The van der Waals surface area contributed by atoms with E-state index in [-0.39, 0.29) is 11.3 Å². The van der Waals surface area contributed by atoms with Crippen LogP contribution >= 0.6 is 15.9 Å². The molecule has 0 saturated carbocycles. The lowest BCUT2D eigenvalue weighted by molar-refractivity contribution is 0.114. The predicted molar refractivity (Wildman–Crippen MR) is 40.9 cm³/mol. The number of aromatic hydroxyl groups is 1. The lowest BCUT2D eigenvalue weighted by Crippen LogP contribution is -2.01. The molecule has 0 fully saturated rings. The van der Waals surface area contributed by atoms with Crippen molar-refractivity contribution in [3.05, 3.63) is 29.8 Å². The summed E-state index contributed by atoms with van der Waals surface area (Å²) in [6.45, 7) is 0. The highest BCUT2D eigenvalue weighted by molar-refractivity contribution is 9.09. The van der Waals surface area contributed by atoms with Crippen molar-refractivity contribution >= 4 is 15.9 Å². The molecule has 1 rings (SSSR count). The summed E-state index contributed by atoms with van der Waals surface area (Å²) in [5, 5.41) is 8.82. The summed E-state index contributed by atoms with van der Waals surface area (Å²) in [6.07, 6.45) is 0. The van der Waals surface area contributed by atoms with E-state index in [4.69, 9.17) is 5.11 Å². The Morgan fingerprint density at radius 3 is 2.36 bits per heavy atom. The van der Waals surface area contributed by atoms with Crippen molar-refractivity contribution in [3.8, 4) is 5.75 Å². The molecule has 0 aliphatic heterocycles. The number of hydrogen-bond donors (Lipinski definition) is 1. The van der Waals surface area contributed by atoms with Crippen LogP contribution in [0.1, 0.15) is 5.56 Å². The zero-order chi connectivity index (χ0) is 8.48. The SMILES string of the molecule is Oc1cccc(C(F)(F)Br)c1. The standard InChI is InChI=1S/C7H5BrF2O/c8-7(9,10)5-2-1-3-6(11)4-5/h1-4,11H. The Morgan fingerprint density at radius 2 is 2.00 bits per heavy atom. The van der Waals surface area contributed by atoms with Crippen LogP contribution in [0, 0.1) is 0 Å². The summed E-state index contributed by atoms with van der Waals surface area (Å²) in [6, 6.07) is 4.94. The maximum atomic E-state index is 12.4. The molecule has 0 aliphatic carbocycles. The van der Waals surface area contributed by atoms with Gasteiger partial charge in [0.05, 0.1) is 0 Å². The zero-order valence-electron chi connectivity index (χ0n) is 5.39. The number of rotatable bonds is 1. The highest BCUT2D eigenvalue weighted by Gasteiger charge is 2.26. The quantitative estimate of drug-likeness (QED) is 0.725. The summed E-state index contributed by atoms with van der Waals surface area (Å²) in [5.41, 5.74) is -0.252. The molecule has 1 aromatic carbocycles. The van der Waals surface area contributed by atoms with E-state index in [1.54, 1.807) is 0 Å². The average molecular weight is 223 g/mol. The van der Waals surface area contributed by atoms with Crippen molar-refractivity contribution in [3.63, 3.8) is 0 Å². The van der Waals surface area contributed by atoms with Crippen molar-refractivity contribution in [2.45, 2.75) is 4.83 Å². The van der Waals surface area contributed by atoms with Gasteiger partial charge in [0, 0.05) is 5.56 Å². The minimum atomic E-state index is -3.06. The van der Waals surface area contributed by atoms with Crippen molar-refractivity contribution in [2.24, 2.45) is 0 Å². The van der Waals surface area contributed by atoms with Gasteiger partial charge in [-0.3, -0.25) is 0 Å². The lowest BCUT2D eigenvalue weighted by Gasteiger charge is -2.07. The van der Waals surface area contributed by atoms with Crippen LogP contribution in [0.3, 0.4) is 0 Å². The molecule has 0 aliphatic rings. The number of alkyl halides is 3. The van der Waals surface area contributed by atoms with E-state index in [1.807, 2.05) is 0 Å². The van der Waals surface area contributed by atoms with E-state index in [9.17, 15) is 8.78 Å². The topological polar surface area (TPSA) is 20.2 Å². The molecule has 0 spiro atoms. The second kappa shape index (κ2) is 2.77. The van der Waals surface area contributed by atoms with Gasteiger partial charge >= 0.3 is 4.83 Å². The van der Waals surface area contributed by atoms with Crippen LogP contribution in [-0.4, -0.2) is 5.11 Å². The summed E-state index contributed by atoms with van der Waals surface area (Å²) >= 11 is 2.18. The van der Waals surface area contributed by atoms with Gasteiger partial charge in [-0.25, -0.2) is 0 Å². The van der Waals surface area contributed by atoms with Crippen molar-refractivity contribution in [1.82, 2.24) is 0 Å². The van der Waals surface area contributed by atoms with Crippen LogP contribution in [0.2, 0.25) is 0 Å². The largest absolute Gasteiger partial charge is 0.508 e. The Morgan fingerprint density at radius 1 is 1.36 bits per heavy atom. The molecule has 11 heavy (non-hydrogen) atoms. The molecule has 1 N–H and O–H groups in total. The van der Waals surface area contributed by atoms with Crippen LogP contribution < -0.4 is 0 Å². The molecule has 0 atom stereocenters. The molecular formula is C7H5BrF2O. The molecule has 1 aromatic rings. The fraction of sp³-hybridized carbons (Fsp3) is 0.143. The third-order valence-corrected chi connectivity index (χ3v) is 1.63. The first-order chi connectivity index (χ1) is 5.00. The summed E-state index contributed by atoms with van der Waals surface area (Å²) in [5.74, 6) is -0.165. The summed E-state index contributed by atoms with van der Waals surface area (Å²) in [7, 11) is 0. The number of halogens is 3. The molecule has 4 heteroatoms. The van der Waals surface area contributed by atoms with Crippen molar-refractivity contribution in [2.75, 3.05) is 0 Å². The molecule has 0 aromatic heterocycles. The maximum Gasteiger partial charge on any atom is 0.326 e. The molecule has 0 saturated heterocycles. The zero-order valence-corrected chi connectivity index (χ0v) is 6.98. The number of phenols is 1. The lowest BCUT2D eigenvalue weighted by atomic mass is 10.2. The second-order valence-electron chi connectivity index (χ2n) is 2.05. The van der Waals surface area contributed by atoms with Gasteiger partial charge in [0.15, 0.2) is 0 Å². The van der Waals surface area contributed by atoms with Crippen LogP contribution in [0.5, 0.6) is 5.75 Å². The normalized spacial score (nSPS) is 11.5. The summed E-state index contributed by atoms with van der Waals surface area (Å²) < 4.78 is 24.9. The van der Waals surface area contributed by atoms with E-state index < -0.39 is 4.83 Å². The molecular weight excluding hydrogens is 218 g/mol. The molecule has 60 valence electrons. The van der Waals surface area contributed by atoms with Crippen LogP contribution in [0.25, 0.3) is 0 Å². The van der Waals surface area contributed by atoms with Gasteiger partial charge in [-0.05, 0) is 28.1 Å². The van der Waals surface area contributed by atoms with Crippen molar-refractivity contribution in [1.29, 1.82) is 0 Å². The van der Waals surface area contributed by atoms with Gasteiger partial charge in [-0.15, -0.1) is 0 Å². The maximum absolute atomic E-state index is 12.4. The van der Waals surface area contributed by atoms with Gasteiger partial charge in [-0.1, -0.05) is 12.1 Å². The monoisotopic (exact) mass is 222 g/mol. The number of phenolic OH excluding ortho intramolecular Hbond substituents is 1. The number of hydrogen-bond acceptors (Lipinski definition) is 1. The summed E-state index contributed by atoms with van der Waals surface area (Å²) in [4.78, 5) is -3.06. The fourth-order valence-corrected chi connectivity index (χ4v) is 0.929. The first kappa shape index (κ1) is 8.46. The van der Waals surface area contributed by atoms with E-state index >= 15 is 0 Å². The molecule has 0 radical (unpaired) electrons.